The summed E-state index contributed by atoms with van der Waals surface area (Å²) in [5, 5.41) is 2.72. The Bertz CT molecular complexity index is 699. The number of amides is 1. The maximum Gasteiger partial charge on any atom is 0.292 e. The van der Waals surface area contributed by atoms with Crippen LogP contribution in [0, 0.1) is 0 Å². The number of benzene rings is 2. The molecule has 126 valence electrons. The van der Waals surface area contributed by atoms with E-state index in [1.807, 2.05) is 44.2 Å². The number of rotatable bonds is 5. The molecule has 0 spiro atoms. The third-order valence-electron chi connectivity index (χ3n) is 3.43. The van der Waals surface area contributed by atoms with Crippen LogP contribution in [-0.4, -0.2) is 25.6 Å². The lowest BCUT2D eigenvalue weighted by atomic mass is 10.1. The molecule has 5 heteroatoms. The standard InChI is InChI=1S/C19H22N2O3/c1-4-24-19(20-14(2)15-9-6-5-7-10-15)21-18(22)16-11-8-12-17(13-16)23-3/h5-14H,4H2,1-3H3,(H,20,21,22). The molecule has 0 aliphatic rings. The Morgan fingerprint density at radius 2 is 1.92 bits per heavy atom. The van der Waals surface area contributed by atoms with Gasteiger partial charge in [0.25, 0.3) is 11.9 Å². The molecule has 0 heterocycles. The largest absolute Gasteiger partial charge is 0.497 e. The fraction of sp³-hybridized carbons (Fsp3) is 0.263. The topological polar surface area (TPSA) is 59.9 Å². The van der Waals surface area contributed by atoms with Crippen molar-refractivity contribution in [3.8, 4) is 5.75 Å². The van der Waals surface area contributed by atoms with Gasteiger partial charge in [-0.25, -0.2) is 4.99 Å². The summed E-state index contributed by atoms with van der Waals surface area (Å²) in [6.45, 7) is 4.21. The Kier molecular flexibility index (Phi) is 6.37. The number of aliphatic imine (C=N–C) groups is 1. The fourth-order valence-electron chi connectivity index (χ4n) is 2.16. The van der Waals surface area contributed by atoms with E-state index in [0.29, 0.717) is 17.9 Å². The number of hydrogen-bond donors (Lipinski definition) is 1. The van der Waals surface area contributed by atoms with E-state index in [-0.39, 0.29) is 18.0 Å². The second kappa shape index (κ2) is 8.72. The van der Waals surface area contributed by atoms with Crippen LogP contribution in [0.5, 0.6) is 5.75 Å². The lowest BCUT2D eigenvalue weighted by molar-refractivity contribution is 0.0965. The van der Waals surface area contributed by atoms with E-state index in [0.717, 1.165) is 5.56 Å². The van der Waals surface area contributed by atoms with Crippen LogP contribution in [0.4, 0.5) is 0 Å². The maximum absolute atomic E-state index is 12.4. The Morgan fingerprint density at radius 1 is 1.17 bits per heavy atom. The highest BCUT2D eigenvalue weighted by Gasteiger charge is 2.12. The number of nitrogens with zero attached hydrogens (tertiary/aromatic N) is 1. The van der Waals surface area contributed by atoms with Crippen LogP contribution in [0.3, 0.4) is 0 Å². The Balaban J connectivity index is 2.15. The summed E-state index contributed by atoms with van der Waals surface area (Å²) in [6.07, 6.45) is 0. The van der Waals surface area contributed by atoms with Crippen LogP contribution < -0.4 is 10.1 Å². The van der Waals surface area contributed by atoms with Crippen LogP contribution in [0.1, 0.15) is 35.8 Å². The molecule has 1 atom stereocenters. The zero-order valence-corrected chi connectivity index (χ0v) is 14.2. The maximum atomic E-state index is 12.4. The number of methoxy groups -OCH3 is 1. The van der Waals surface area contributed by atoms with Gasteiger partial charge in [-0.3, -0.25) is 10.1 Å². The summed E-state index contributed by atoms with van der Waals surface area (Å²) >= 11 is 0. The van der Waals surface area contributed by atoms with Gasteiger partial charge in [-0.2, -0.15) is 0 Å². The fourth-order valence-corrected chi connectivity index (χ4v) is 2.16. The van der Waals surface area contributed by atoms with E-state index in [2.05, 4.69) is 10.3 Å². The first-order chi connectivity index (χ1) is 11.6. The van der Waals surface area contributed by atoms with E-state index >= 15 is 0 Å². The summed E-state index contributed by atoms with van der Waals surface area (Å²) in [5.74, 6) is 0.330. The van der Waals surface area contributed by atoms with Gasteiger partial charge in [0.2, 0.25) is 0 Å². The third-order valence-corrected chi connectivity index (χ3v) is 3.43. The van der Waals surface area contributed by atoms with E-state index in [1.165, 1.54) is 0 Å². The van der Waals surface area contributed by atoms with Gasteiger partial charge in [-0.1, -0.05) is 36.4 Å². The van der Waals surface area contributed by atoms with E-state index < -0.39 is 0 Å². The molecular formula is C19H22N2O3. The second-order valence-corrected chi connectivity index (χ2v) is 5.14. The first-order valence-corrected chi connectivity index (χ1v) is 7.85. The van der Waals surface area contributed by atoms with Gasteiger partial charge < -0.3 is 9.47 Å². The molecule has 2 aromatic rings. The molecule has 2 aromatic carbocycles. The molecule has 0 aliphatic heterocycles. The van der Waals surface area contributed by atoms with Gasteiger partial charge in [0, 0.05) is 5.56 Å². The van der Waals surface area contributed by atoms with Crippen molar-refractivity contribution in [1.82, 2.24) is 5.32 Å². The van der Waals surface area contributed by atoms with Gasteiger partial charge in [0.1, 0.15) is 5.75 Å². The van der Waals surface area contributed by atoms with Gasteiger partial charge in [0.15, 0.2) is 0 Å². The molecule has 24 heavy (non-hydrogen) atoms. The summed E-state index contributed by atoms with van der Waals surface area (Å²) in [6, 6.07) is 16.8. The lowest BCUT2D eigenvalue weighted by Gasteiger charge is -2.13. The SMILES string of the molecule is CCOC(=NC(C)c1ccccc1)NC(=O)c1cccc(OC)c1. The molecule has 0 saturated heterocycles. The quantitative estimate of drug-likeness (QED) is 0.675. The van der Waals surface area contributed by atoms with Crippen LogP contribution in [0.15, 0.2) is 59.6 Å². The summed E-state index contributed by atoms with van der Waals surface area (Å²) in [5.41, 5.74) is 1.53. The molecule has 1 N–H and O–H groups in total. The predicted octanol–water partition coefficient (Wildman–Crippen LogP) is 3.58. The molecule has 5 nitrogen and oxygen atoms in total. The first-order valence-electron chi connectivity index (χ1n) is 7.85. The number of ether oxygens (including phenoxy) is 2. The van der Waals surface area contributed by atoms with Crippen LogP contribution in [0.25, 0.3) is 0 Å². The van der Waals surface area contributed by atoms with Gasteiger partial charge in [0.05, 0.1) is 19.8 Å². The normalized spacial score (nSPS) is 12.4. The average molecular weight is 326 g/mol. The van der Waals surface area contributed by atoms with Crippen molar-refractivity contribution in [2.75, 3.05) is 13.7 Å². The zero-order valence-electron chi connectivity index (χ0n) is 14.2. The zero-order chi connectivity index (χ0) is 17.4. The monoisotopic (exact) mass is 326 g/mol. The van der Waals surface area contributed by atoms with Crippen LogP contribution >= 0.6 is 0 Å². The van der Waals surface area contributed by atoms with Crippen molar-refractivity contribution in [1.29, 1.82) is 0 Å². The number of hydrogen-bond acceptors (Lipinski definition) is 4. The number of carbonyl (C=O) groups is 1. The second-order valence-electron chi connectivity index (χ2n) is 5.14. The van der Waals surface area contributed by atoms with E-state index in [4.69, 9.17) is 9.47 Å². The number of carbonyl (C=O) groups excluding carboxylic acids is 1. The minimum absolute atomic E-state index is 0.127. The van der Waals surface area contributed by atoms with E-state index in [9.17, 15) is 4.79 Å². The average Bonchev–Trinajstić information content (AvgIpc) is 2.62. The minimum Gasteiger partial charge on any atom is -0.497 e. The van der Waals surface area contributed by atoms with Crippen LogP contribution in [-0.2, 0) is 4.74 Å². The highest BCUT2D eigenvalue weighted by Crippen LogP contribution is 2.16. The Morgan fingerprint density at radius 3 is 2.58 bits per heavy atom. The molecule has 0 bridgehead atoms. The summed E-state index contributed by atoms with van der Waals surface area (Å²) in [4.78, 5) is 16.9. The molecule has 2 rings (SSSR count). The van der Waals surface area contributed by atoms with E-state index in [1.54, 1.807) is 31.4 Å². The van der Waals surface area contributed by atoms with Crippen molar-refractivity contribution in [2.24, 2.45) is 4.99 Å². The number of nitrogens with one attached hydrogen (secondary N) is 1. The van der Waals surface area contributed by atoms with Crippen molar-refractivity contribution < 1.29 is 14.3 Å². The predicted molar refractivity (Wildman–Crippen MR) is 94.4 cm³/mol. The highest BCUT2D eigenvalue weighted by atomic mass is 16.5. The van der Waals surface area contributed by atoms with Gasteiger partial charge in [-0.15, -0.1) is 0 Å². The molecular weight excluding hydrogens is 304 g/mol. The van der Waals surface area contributed by atoms with Crippen molar-refractivity contribution >= 4 is 11.9 Å². The molecule has 0 radical (unpaired) electrons. The minimum atomic E-state index is -0.290. The van der Waals surface area contributed by atoms with Crippen molar-refractivity contribution in [2.45, 2.75) is 19.9 Å². The molecule has 0 aromatic heterocycles. The summed E-state index contributed by atoms with van der Waals surface area (Å²) in [7, 11) is 1.56. The lowest BCUT2D eigenvalue weighted by Crippen LogP contribution is -2.33. The van der Waals surface area contributed by atoms with Crippen molar-refractivity contribution in [3.05, 3.63) is 65.7 Å². The molecule has 1 amide bonds. The summed E-state index contributed by atoms with van der Waals surface area (Å²) < 4.78 is 10.6. The van der Waals surface area contributed by atoms with Gasteiger partial charge in [-0.05, 0) is 37.6 Å². The third kappa shape index (κ3) is 4.84. The molecule has 0 aliphatic carbocycles. The number of amidine groups is 1. The highest BCUT2D eigenvalue weighted by molar-refractivity contribution is 6.04. The van der Waals surface area contributed by atoms with Crippen molar-refractivity contribution in [3.63, 3.8) is 0 Å². The first kappa shape index (κ1) is 17.5. The molecule has 1 unspecified atom stereocenters. The van der Waals surface area contributed by atoms with Gasteiger partial charge >= 0.3 is 0 Å². The Labute approximate surface area is 142 Å². The van der Waals surface area contributed by atoms with Crippen LogP contribution in [0.2, 0.25) is 0 Å². The Hall–Kier alpha value is -2.82. The molecule has 0 fully saturated rings. The molecule has 0 saturated carbocycles. The smallest absolute Gasteiger partial charge is 0.292 e.